The lowest BCUT2D eigenvalue weighted by Crippen LogP contribution is -2.41. The Hall–Kier alpha value is -0.0800. The predicted molar refractivity (Wildman–Crippen MR) is 55.7 cm³/mol. The van der Waals surface area contributed by atoms with Crippen molar-refractivity contribution in [1.82, 2.24) is 5.32 Å². The number of rotatable bonds is 5. The summed E-state index contributed by atoms with van der Waals surface area (Å²) in [5, 5.41) is 13.5. The smallest absolute Gasteiger partial charge is 0.0766 e. The van der Waals surface area contributed by atoms with Crippen LogP contribution in [0.4, 0.5) is 0 Å². The van der Waals surface area contributed by atoms with Crippen molar-refractivity contribution >= 4 is 0 Å². The number of aliphatic hydroxyl groups is 1. The van der Waals surface area contributed by atoms with Gasteiger partial charge in [0.05, 0.1) is 5.60 Å². The van der Waals surface area contributed by atoms with Gasteiger partial charge in [0.1, 0.15) is 0 Å². The molecule has 1 rings (SSSR count). The first kappa shape index (κ1) is 11.0. The van der Waals surface area contributed by atoms with Crippen LogP contribution in [0.5, 0.6) is 0 Å². The monoisotopic (exact) mass is 185 g/mol. The van der Waals surface area contributed by atoms with Crippen LogP contribution in [0, 0.1) is 5.41 Å². The molecule has 0 spiro atoms. The lowest BCUT2D eigenvalue weighted by atomic mass is 9.97. The van der Waals surface area contributed by atoms with Gasteiger partial charge in [0.25, 0.3) is 0 Å². The molecule has 13 heavy (non-hydrogen) atoms. The van der Waals surface area contributed by atoms with Crippen molar-refractivity contribution in [3.8, 4) is 0 Å². The van der Waals surface area contributed by atoms with Gasteiger partial charge >= 0.3 is 0 Å². The van der Waals surface area contributed by atoms with E-state index >= 15 is 0 Å². The van der Waals surface area contributed by atoms with Crippen molar-refractivity contribution in [2.24, 2.45) is 5.41 Å². The Balaban J connectivity index is 2.26. The lowest BCUT2D eigenvalue weighted by molar-refractivity contribution is 0.0316. The van der Waals surface area contributed by atoms with Gasteiger partial charge in [0, 0.05) is 12.6 Å². The maximum Gasteiger partial charge on any atom is 0.0766 e. The van der Waals surface area contributed by atoms with Crippen molar-refractivity contribution in [1.29, 1.82) is 0 Å². The molecular weight excluding hydrogens is 162 g/mol. The molecule has 0 amide bonds. The SMILES string of the molecule is CCC(O)(CC)CNC1CC1(C)C. The maximum atomic E-state index is 10.0. The summed E-state index contributed by atoms with van der Waals surface area (Å²) in [6.07, 6.45) is 2.92. The molecule has 1 aliphatic carbocycles. The number of nitrogens with one attached hydrogen (secondary N) is 1. The van der Waals surface area contributed by atoms with Crippen molar-refractivity contribution in [3.05, 3.63) is 0 Å². The molecule has 2 N–H and O–H groups in total. The van der Waals surface area contributed by atoms with Gasteiger partial charge in [-0.1, -0.05) is 27.7 Å². The fourth-order valence-electron chi connectivity index (χ4n) is 1.63. The van der Waals surface area contributed by atoms with E-state index in [4.69, 9.17) is 0 Å². The van der Waals surface area contributed by atoms with Crippen LogP contribution in [0.3, 0.4) is 0 Å². The number of hydrogen-bond donors (Lipinski definition) is 2. The lowest BCUT2D eigenvalue weighted by Gasteiger charge is -2.25. The van der Waals surface area contributed by atoms with E-state index in [-0.39, 0.29) is 0 Å². The number of hydrogen-bond acceptors (Lipinski definition) is 2. The second kappa shape index (κ2) is 3.58. The first-order valence-electron chi connectivity index (χ1n) is 5.39. The van der Waals surface area contributed by atoms with Gasteiger partial charge in [0.15, 0.2) is 0 Å². The van der Waals surface area contributed by atoms with Crippen LogP contribution >= 0.6 is 0 Å². The molecule has 1 fully saturated rings. The van der Waals surface area contributed by atoms with Gasteiger partial charge < -0.3 is 10.4 Å². The molecule has 0 aromatic carbocycles. The van der Waals surface area contributed by atoms with Crippen LogP contribution in [-0.2, 0) is 0 Å². The second-order valence-corrected chi connectivity index (χ2v) is 5.06. The summed E-state index contributed by atoms with van der Waals surface area (Å²) in [5.41, 5.74) is -0.0267. The molecule has 1 saturated carbocycles. The normalized spacial score (nSPS) is 26.1. The highest BCUT2D eigenvalue weighted by Crippen LogP contribution is 2.44. The Bertz CT molecular complexity index is 173. The van der Waals surface area contributed by atoms with Gasteiger partial charge in [-0.2, -0.15) is 0 Å². The Morgan fingerprint density at radius 2 is 1.85 bits per heavy atom. The molecule has 1 unspecified atom stereocenters. The Morgan fingerprint density at radius 3 is 2.15 bits per heavy atom. The van der Waals surface area contributed by atoms with Crippen molar-refractivity contribution in [2.45, 2.75) is 58.6 Å². The van der Waals surface area contributed by atoms with Crippen LogP contribution in [-0.4, -0.2) is 23.3 Å². The molecule has 0 heterocycles. The molecule has 0 aliphatic heterocycles. The zero-order valence-electron chi connectivity index (χ0n) is 9.35. The summed E-state index contributed by atoms with van der Waals surface area (Å²) in [4.78, 5) is 0. The fraction of sp³-hybridized carbons (Fsp3) is 1.00. The van der Waals surface area contributed by atoms with Crippen LogP contribution in [0.15, 0.2) is 0 Å². The van der Waals surface area contributed by atoms with Crippen LogP contribution in [0.25, 0.3) is 0 Å². The van der Waals surface area contributed by atoms with E-state index in [1.165, 1.54) is 6.42 Å². The van der Waals surface area contributed by atoms with Gasteiger partial charge in [-0.3, -0.25) is 0 Å². The third-order valence-electron chi connectivity index (χ3n) is 3.51. The Morgan fingerprint density at radius 1 is 1.38 bits per heavy atom. The molecule has 0 saturated heterocycles. The predicted octanol–water partition coefficient (Wildman–Crippen LogP) is 1.93. The third-order valence-corrected chi connectivity index (χ3v) is 3.51. The molecule has 0 bridgehead atoms. The molecule has 0 radical (unpaired) electrons. The van der Waals surface area contributed by atoms with E-state index in [9.17, 15) is 5.11 Å². The molecule has 1 atom stereocenters. The van der Waals surface area contributed by atoms with Crippen molar-refractivity contribution < 1.29 is 5.11 Å². The van der Waals surface area contributed by atoms with E-state index < -0.39 is 5.60 Å². The van der Waals surface area contributed by atoms with E-state index in [2.05, 4.69) is 19.2 Å². The zero-order chi connectivity index (χ0) is 10.1. The summed E-state index contributed by atoms with van der Waals surface area (Å²) in [5.74, 6) is 0. The van der Waals surface area contributed by atoms with Crippen molar-refractivity contribution in [2.75, 3.05) is 6.54 Å². The van der Waals surface area contributed by atoms with Gasteiger partial charge in [0.2, 0.25) is 0 Å². The van der Waals surface area contributed by atoms with E-state index in [1.54, 1.807) is 0 Å². The summed E-state index contributed by atoms with van der Waals surface area (Å²) in [7, 11) is 0. The second-order valence-electron chi connectivity index (χ2n) is 5.06. The molecule has 2 heteroatoms. The quantitative estimate of drug-likeness (QED) is 0.686. The minimum Gasteiger partial charge on any atom is -0.389 e. The fourth-order valence-corrected chi connectivity index (χ4v) is 1.63. The average molecular weight is 185 g/mol. The summed E-state index contributed by atoms with van der Waals surface area (Å²) in [6, 6.07) is 0.622. The zero-order valence-corrected chi connectivity index (χ0v) is 9.35. The molecule has 0 aromatic rings. The maximum absolute atomic E-state index is 10.0. The van der Waals surface area contributed by atoms with Crippen LogP contribution in [0.1, 0.15) is 47.0 Å². The average Bonchev–Trinajstić information content (AvgIpc) is 2.70. The van der Waals surface area contributed by atoms with Crippen LogP contribution < -0.4 is 5.32 Å². The third kappa shape index (κ3) is 2.68. The van der Waals surface area contributed by atoms with E-state index in [0.29, 0.717) is 11.5 Å². The highest BCUT2D eigenvalue weighted by Gasteiger charge is 2.45. The van der Waals surface area contributed by atoms with E-state index in [0.717, 1.165) is 19.4 Å². The standard InChI is InChI=1S/C11H23NO/c1-5-11(13,6-2)8-12-9-7-10(9,3)4/h9,12-13H,5-8H2,1-4H3. The molecule has 78 valence electrons. The molecular formula is C11H23NO. The minimum atomic E-state index is -0.487. The molecule has 0 aromatic heterocycles. The Kier molecular flexibility index (Phi) is 3.03. The van der Waals surface area contributed by atoms with E-state index in [1.807, 2.05) is 13.8 Å². The van der Waals surface area contributed by atoms with Gasteiger partial charge in [-0.05, 0) is 24.7 Å². The Labute approximate surface area is 81.7 Å². The van der Waals surface area contributed by atoms with Crippen LogP contribution in [0.2, 0.25) is 0 Å². The summed E-state index contributed by atoms with van der Waals surface area (Å²) >= 11 is 0. The van der Waals surface area contributed by atoms with Crippen molar-refractivity contribution in [3.63, 3.8) is 0 Å². The first-order valence-corrected chi connectivity index (χ1v) is 5.39. The molecule has 2 nitrogen and oxygen atoms in total. The minimum absolute atomic E-state index is 0.461. The highest BCUT2D eigenvalue weighted by atomic mass is 16.3. The largest absolute Gasteiger partial charge is 0.389 e. The highest BCUT2D eigenvalue weighted by molar-refractivity contribution is 5.02. The summed E-state index contributed by atoms with van der Waals surface area (Å²) < 4.78 is 0. The molecule has 1 aliphatic rings. The topological polar surface area (TPSA) is 32.3 Å². The van der Waals surface area contributed by atoms with Gasteiger partial charge in [-0.15, -0.1) is 0 Å². The first-order chi connectivity index (χ1) is 5.93. The van der Waals surface area contributed by atoms with Gasteiger partial charge in [-0.25, -0.2) is 0 Å². The summed E-state index contributed by atoms with van der Waals surface area (Å²) in [6.45, 7) is 9.36.